The molecule has 0 spiro atoms. The van der Waals surface area contributed by atoms with Crippen molar-refractivity contribution in [2.24, 2.45) is 17.8 Å². The van der Waals surface area contributed by atoms with Gasteiger partial charge in [0.25, 0.3) is 0 Å². The predicted molar refractivity (Wildman–Crippen MR) is 85.5 cm³/mol. The van der Waals surface area contributed by atoms with Crippen molar-refractivity contribution in [3.63, 3.8) is 0 Å². The molecule has 0 radical (unpaired) electrons. The first-order valence-corrected chi connectivity index (χ1v) is 8.38. The van der Waals surface area contributed by atoms with Gasteiger partial charge in [-0.15, -0.1) is 0 Å². The summed E-state index contributed by atoms with van der Waals surface area (Å²) in [6.45, 7) is 17.8. The normalized spacial score (nSPS) is 30.8. The third-order valence-corrected chi connectivity index (χ3v) is 4.74. The molecule has 114 valence electrons. The zero-order valence-corrected chi connectivity index (χ0v) is 14.1. The molecule has 1 aliphatic rings. The molecule has 4 unspecified atom stereocenters. The highest BCUT2D eigenvalue weighted by molar-refractivity contribution is 4.85. The average molecular weight is 268 g/mol. The molecule has 0 aliphatic carbocycles. The van der Waals surface area contributed by atoms with Gasteiger partial charge >= 0.3 is 0 Å². The van der Waals surface area contributed by atoms with Gasteiger partial charge in [-0.1, -0.05) is 27.7 Å². The molecule has 2 nitrogen and oxygen atoms in total. The summed E-state index contributed by atoms with van der Waals surface area (Å²) in [5.74, 6) is 2.49. The number of nitrogens with zero attached hydrogens (tertiary/aromatic N) is 1. The Hall–Kier alpha value is -0.0800. The van der Waals surface area contributed by atoms with Gasteiger partial charge < -0.3 is 5.32 Å². The van der Waals surface area contributed by atoms with Gasteiger partial charge in [0.05, 0.1) is 0 Å². The van der Waals surface area contributed by atoms with Crippen molar-refractivity contribution < 1.29 is 0 Å². The highest BCUT2D eigenvalue weighted by Gasteiger charge is 2.31. The SMILES string of the molecule is CC(C)CNCCCC(C)N1CC(C)CC(C)C1C. The second kappa shape index (κ2) is 8.26. The van der Waals surface area contributed by atoms with Crippen molar-refractivity contribution in [2.75, 3.05) is 19.6 Å². The van der Waals surface area contributed by atoms with Crippen LogP contribution >= 0.6 is 0 Å². The molecule has 0 aromatic heterocycles. The predicted octanol–water partition coefficient (Wildman–Crippen LogP) is 3.77. The van der Waals surface area contributed by atoms with E-state index in [9.17, 15) is 0 Å². The summed E-state index contributed by atoms with van der Waals surface area (Å²) < 4.78 is 0. The summed E-state index contributed by atoms with van der Waals surface area (Å²) in [5.41, 5.74) is 0. The van der Waals surface area contributed by atoms with Crippen molar-refractivity contribution in [1.82, 2.24) is 10.2 Å². The molecule has 19 heavy (non-hydrogen) atoms. The summed E-state index contributed by atoms with van der Waals surface area (Å²) in [7, 11) is 0. The molecule has 2 heteroatoms. The molecule has 0 saturated carbocycles. The largest absolute Gasteiger partial charge is 0.316 e. The van der Waals surface area contributed by atoms with Crippen LogP contribution in [0.25, 0.3) is 0 Å². The van der Waals surface area contributed by atoms with Crippen LogP contribution in [0.4, 0.5) is 0 Å². The van der Waals surface area contributed by atoms with Crippen molar-refractivity contribution in [1.29, 1.82) is 0 Å². The standard InChI is InChI=1S/C17H36N2/c1-13(2)11-18-9-7-8-16(5)19-12-14(3)10-15(4)17(19)6/h13-18H,7-12H2,1-6H3. The van der Waals surface area contributed by atoms with Crippen LogP contribution < -0.4 is 5.32 Å². The van der Waals surface area contributed by atoms with Gasteiger partial charge in [0.1, 0.15) is 0 Å². The first kappa shape index (κ1) is 17.0. The molecule has 4 atom stereocenters. The Morgan fingerprint density at radius 1 is 1.16 bits per heavy atom. The van der Waals surface area contributed by atoms with Crippen LogP contribution in [-0.4, -0.2) is 36.6 Å². The number of piperidine rings is 1. The van der Waals surface area contributed by atoms with E-state index in [0.29, 0.717) is 0 Å². The topological polar surface area (TPSA) is 15.3 Å². The second-order valence-corrected chi connectivity index (χ2v) is 7.34. The third kappa shape index (κ3) is 5.83. The van der Waals surface area contributed by atoms with E-state index in [1.54, 1.807) is 0 Å². The molecule has 1 heterocycles. The molecule has 0 bridgehead atoms. The van der Waals surface area contributed by atoms with Gasteiger partial charge in [-0.3, -0.25) is 4.90 Å². The van der Waals surface area contributed by atoms with Gasteiger partial charge in [0, 0.05) is 18.6 Å². The van der Waals surface area contributed by atoms with E-state index in [1.807, 2.05) is 0 Å². The fourth-order valence-corrected chi connectivity index (χ4v) is 3.42. The molecular formula is C17H36N2. The van der Waals surface area contributed by atoms with E-state index in [0.717, 1.165) is 36.4 Å². The number of likely N-dealkylation sites (tertiary alicyclic amines) is 1. The lowest BCUT2D eigenvalue weighted by Crippen LogP contribution is -2.50. The maximum absolute atomic E-state index is 3.55. The van der Waals surface area contributed by atoms with Crippen LogP contribution in [0.1, 0.15) is 60.8 Å². The summed E-state index contributed by atoms with van der Waals surface area (Å²) in [6, 6.07) is 1.50. The van der Waals surface area contributed by atoms with Gasteiger partial charge in [-0.25, -0.2) is 0 Å². The fraction of sp³-hybridized carbons (Fsp3) is 1.00. The van der Waals surface area contributed by atoms with Crippen LogP contribution in [0.3, 0.4) is 0 Å². The number of hydrogen-bond donors (Lipinski definition) is 1. The van der Waals surface area contributed by atoms with Gasteiger partial charge in [0.2, 0.25) is 0 Å². The van der Waals surface area contributed by atoms with Gasteiger partial charge in [0.15, 0.2) is 0 Å². The van der Waals surface area contributed by atoms with Crippen molar-refractivity contribution >= 4 is 0 Å². The molecule has 0 aromatic carbocycles. The van der Waals surface area contributed by atoms with E-state index in [1.165, 1.54) is 32.4 Å². The maximum atomic E-state index is 3.55. The Kier molecular flexibility index (Phi) is 7.38. The Morgan fingerprint density at radius 3 is 2.47 bits per heavy atom. The summed E-state index contributed by atoms with van der Waals surface area (Å²) >= 11 is 0. The first-order valence-electron chi connectivity index (χ1n) is 8.38. The van der Waals surface area contributed by atoms with Crippen LogP contribution in [0.15, 0.2) is 0 Å². The molecule has 1 saturated heterocycles. The molecular weight excluding hydrogens is 232 g/mol. The lowest BCUT2D eigenvalue weighted by Gasteiger charge is -2.44. The molecule has 0 amide bonds. The van der Waals surface area contributed by atoms with E-state index < -0.39 is 0 Å². The molecule has 1 fully saturated rings. The van der Waals surface area contributed by atoms with Crippen LogP contribution in [0.5, 0.6) is 0 Å². The van der Waals surface area contributed by atoms with E-state index in [-0.39, 0.29) is 0 Å². The molecule has 1 N–H and O–H groups in total. The van der Waals surface area contributed by atoms with Crippen LogP contribution in [0, 0.1) is 17.8 Å². The summed E-state index contributed by atoms with van der Waals surface area (Å²) in [4.78, 5) is 2.75. The number of hydrogen-bond acceptors (Lipinski definition) is 2. The van der Waals surface area contributed by atoms with Crippen LogP contribution in [-0.2, 0) is 0 Å². The Labute approximate surface area is 121 Å². The smallest absolute Gasteiger partial charge is 0.00955 e. The zero-order valence-electron chi connectivity index (χ0n) is 14.1. The Bertz CT molecular complexity index is 239. The Morgan fingerprint density at radius 2 is 1.84 bits per heavy atom. The second-order valence-electron chi connectivity index (χ2n) is 7.34. The van der Waals surface area contributed by atoms with E-state index >= 15 is 0 Å². The summed E-state index contributed by atoms with van der Waals surface area (Å²) in [5, 5.41) is 3.55. The monoisotopic (exact) mass is 268 g/mol. The molecule has 0 aromatic rings. The van der Waals surface area contributed by atoms with Crippen molar-refractivity contribution in [3.8, 4) is 0 Å². The highest BCUT2D eigenvalue weighted by Crippen LogP contribution is 2.29. The fourth-order valence-electron chi connectivity index (χ4n) is 3.42. The number of nitrogens with one attached hydrogen (secondary N) is 1. The van der Waals surface area contributed by atoms with Crippen molar-refractivity contribution in [3.05, 3.63) is 0 Å². The lowest BCUT2D eigenvalue weighted by atomic mass is 9.84. The quantitative estimate of drug-likeness (QED) is 0.707. The van der Waals surface area contributed by atoms with E-state index in [4.69, 9.17) is 0 Å². The minimum Gasteiger partial charge on any atom is -0.316 e. The van der Waals surface area contributed by atoms with Crippen LogP contribution in [0.2, 0.25) is 0 Å². The zero-order chi connectivity index (χ0) is 14.4. The summed E-state index contributed by atoms with van der Waals surface area (Å²) in [6.07, 6.45) is 4.04. The molecule has 1 aliphatic heterocycles. The maximum Gasteiger partial charge on any atom is 0.00955 e. The minimum absolute atomic E-state index is 0.737. The van der Waals surface area contributed by atoms with Gasteiger partial charge in [-0.2, -0.15) is 0 Å². The van der Waals surface area contributed by atoms with Crippen molar-refractivity contribution in [2.45, 2.75) is 72.9 Å². The van der Waals surface area contributed by atoms with Gasteiger partial charge in [-0.05, 0) is 64.0 Å². The first-order chi connectivity index (χ1) is 8.91. The minimum atomic E-state index is 0.737. The average Bonchev–Trinajstić information content (AvgIpc) is 2.32. The number of rotatable bonds is 7. The third-order valence-electron chi connectivity index (χ3n) is 4.74. The Balaban J connectivity index is 2.26. The highest BCUT2D eigenvalue weighted by atomic mass is 15.2. The van der Waals surface area contributed by atoms with E-state index in [2.05, 4.69) is 51.8 Å². The lowest BCUT2D eigenvalue weighted by molar-refractivity contribution is 0.0428. The molecule has 1 rings (SSSR count).